The first-order chi connectivity index (χ1) is 25.3. The fourth-order valence-corrected chi connectivity index (χ4v) is 7.60. The van der Waals surface area contributed by atoms with Crippen LogP contribution in [0.1, 0.15) is 54.5 Å². The molecule has 0 fully saturated rings. The molecule has 284 valence electrons. The summed E-state index contributed by atoms with van der Waals surface area (Å²) in [5, 5.41) is 24.7. The first-order valence-electron chi connectivity index (χ1n) is 16.6. The Morgan fingerprint density at radius 3 is 2.48 bits per heavy atom. The van der Waals surface area contributed by atoms with Gasteiger partial charge in [0.2, 0.25) is 5.91 Å². The molecule has 2 aromatic carbocycles. The largest absolute Gasteiger partial charge is 0.435 e. The van der Waals surface area contributed by atoms with E-state index in [0.29, 0.717) is 42.6 Å². The molecule has 54 heavy (non-hydrogen) atoms. The summed E-state index contributed by atoms with van der Waals surface area (Å²) in [5.74, 6) is -6.30. The normalized spacial score (nSPS) is 14.9. The van der Waals surface area contributed by atoms with Gasteiger partial charge in [-0.3, -0.25) is 14.2 Å². The first kappa shape index (κ1) is 37.0. The summed E-state index contributed by atoms with van der Waals surface area (Å²) in [4.78, 5) is 23.2. The Hall–Kier alpha value is -5.30. The molecule has 11 nitrogen and oxygen atoms in total. The number of benzene rings is 2. The van der Waals surface area contributed by atoms with E-state index in [1.165, 1.54) is 11.3 Å². The smallest absolute Gasteiger partial charge is 0.389 e. The van der Waals surface area contributed by atoms with E-state index in [9.17, 15) is 40.6 Å². The third kappa shape index (κ3) is 7.16. The van der Waals surface area contributed by atoms with Crippen LogP contribution in [0.5, 0.6) is 0 Å². The Balaban J connectivity index is 1.38. The lowest BCUT2D eigenvalue weighted by molar-refractivity contribution is -0.142. The molecule has 0 saturated heterocycles. The lowest BCUT2D eigenvalue weighted by atomic mass is 9.94. The SMILES string of the molecule is Cn1nc(N)c2cccc(-c3cc4sc(NCC(C)(C)O)nc4nc3C(Cc3cc(F)cc(F)c3)NC(=O)Cn3nc(C(F)(F)F)c4c3C(F)(F)CC4)c21. The highest BCUT2D eigenvalue weighted by molar-refractivity contribution is 7.22. The highest BCUT2D eigenvalue weighted by Crippen LogP contribution is 2.46. The van der Waals surface area contributed by atoms with E-state index < -0.39 is 77.6 Å². The van der Waals surface area contributed by atoms with Crippen LogP contribution in [-0.2, 0) is 43.3 Å². The molecule has 0 radical (unpaired) electrons. The molecule has 4 heterocycles. The zero-order valence-electron chi connectivity index (χ0n) is 28.8. The van der Waals surface area contributed by atoms with Crippen molar-refractivity contribution in [3.05, 3.63) is 82.3 Å². The van der Waals surface area contributed by atoms with Crippen LogP contribution >= 0.6 is 11.3 Å². The van der Waals surface area contributed by atoms with E-state index in [0.717, 1.165) is 12.1 Å². The summed E-state index contributed by atoms with van der Waals surface area (Å²) < 4.78 is 103. The number of nitrogens with two attached hydrogens (primary N) is 1. The number of nitrogens with zero attached hydrogens (tertiary/aromatic N) is 6. The number of amides is 1. The first-order valence-corrected chi connectivity index (χ1v) is 17.4. The quantitative estimate of drug-likeness (QED) is 0.113. The summed E-state index contributed by atoms with van der Waals surface area (Å²) in [7, 11) is 1.67. The summed E-state index contributed by atoms with van der Waals surface area (Å²) >= 11 is 1.22. The number of carbonyl (C=O) groups is 1. The summed E-state index contributed by atoms with van der Waals surface area (Å²) in [6, 6.07) is 8.44. The molecule has 0 bridgehead atoms. The third-order valence-electron chi connectivity index (χ3n) is 8.94. The number of alkyl halides is 5. The number of aromatic nitrogens is 6. The fraction of sp³-hybridized carbons (Fsp3) is 0.343. The molecular formula is C35H32F7N9O2S. The molecule has 0 saturated carbocycles. The van der Waals surface area contributed by atoms with Crippen LogP contribution in [0.4, 0.5) is 41.7 Å². The number of para-hydroxylation sites is 1. The van der Waals surface area contributed by atoms with Crippen molar-refractivity contribution >= 4 is 49.4 Å². The maximum atomic E-state index is 14.9. The van der Waals surface area contributed by atoms with Gasteiger partial charge in [-0.2, -0.15) is 32.1 Å². The topological polar surface area (TPSA) is 149 Å². The summed E-state index contributed by atoms with van der Waals surface area (Å²) in [6.07, 6.45) is -6.81. The van der Waals surface area contributed by atoms with Gasteiger partial charge in [0.05, 0.1) is 27.6 Å². The van der Waals surface area contributed by atoms with Gasteiger partial charge in [-0.25, -0.2) is 18.7 Å². The van der Waals surface area contributed by atoms with E-state index in [4.69, 9.17) is 10.7 Å². The molecule has 1 aliphatic rings. The van der Waals surface area contributed by atoms with Gasteiger partial charge >= 0.3 is 6.18 Å². The molecule has 0 aliphatic heterocycles. The number of nitrogen functional groups attached to an aromatic ring is 1. The van der Waals surface area contributed by atoms with Crippen LogP contribution < -0.4 is 16.4 Å². The second kappa shape index (κ2) is 13.2. The number of pyridine rings is 1. The minimum absolute atomic E-state index is 0.0744. The predicted molar refractivity (Wildman–Crippen MR) is 187 cm³/mol. The van der Waals surface area contributed by atoms with E-state index in [-0.39, 0.29) is 35.7 Å². The molecule has 1 amide bonds. The molecular weight excluding hydrogens is 743 g/mol. The molecule has 7 rings (SSSR count). The minimum Gasteiger partial charge on any atom is -0.389 e. The Bertz CT molecular complexity index is 2410. The highest BCUT2D eigenvalue weighted by atomic mass is 32.1. The van der Waals surface area contributed by atoms with Gasteiger partial charge in [0, 0.05) is 48.2 Å². The van der Waals surface area contributed by atoms with Crippen LogP contribution in [0, 0.1) is 11.6 Å². The number of thiazole rings is 1. The second-order valence-electron chi connectivity index (χ2n) is 13.8. The van der Waals surface area contributed by atoms with Gasteiger partial charge in [0.15, 0.2) is 22.3 Å². The Morgan fingerprint density at radius 1 is 1.07 bits per heavy atom. The van der Waals surface area contributed by atoms with Crippen LogP contribution in [0.3, 0.4) is 0 Å². The van der Waals surface area contributed by atoms with Crippen molar-refractivity contribution in [3.63, 3.8) is 0 Å². The van der Waals surface area contributed by atoms with Gasteiger partial charge in [-0.15, -0.1) is 0 Å². The zero-order chi connectivity index (χ0) is 38.9. The summed E-state index contributed by atoms with van der Waals surface area (Å²) in [5.41, 5.74) is 3.83. The molecule has 1 atom stereocenters. The number of fused-ring (bicyclic) bond motifs is 3. The van der Waals surface area contributed by atoms with Crippen LogP contribution in [0.15, 0.2) is 42.5 Å². The number of carbonyl (C=O) groups excluding carboxylic acids is 1. The lowest BCUT2D eigenvalue weighted by Crippen LogP contribution is -2.35. The third-order valence-corrected chi connectivity index (χ3v) is 9.89. The maximum absolute atomic E-state index is 14.9. The van der Waals surface area contributed by atoms with Crippen molar-refractivity contribution in [2.45, 2.75) is 63.4 Å². The van der Waals surface area contributed by atoms with Crippen LogP contribution in [0.2, 0.25) is 0 Å². The van der Waals surface area contributed by atoms with Crippen molar-refractivity contribution < 1.29 is 40.6 Å². The number of halogens is 7. The van der Waals surface area contributed by atoms with Crippen molar-refractivity contribution in [1.29, 1.82) is 0 Å². The monoisotopic (exact) mass is 775 g/mol. The minimum atomic E-state index is -5.05. The van der Waals surface area contributed by atoms with Gasteiger partial charge in [-0.1, -0.05) is 23.5 Å². The van der Waals surface area contributed by atoms with Crippen LogP contribution in [-0.4, -0.2) is 52.7 Å². The van der Waals surface area contributed by atoms with E-state index >= 15 is 0 Å². The van der Waals surface area contributed by atoms with Crippen molar-refractivity contribution in [2.75, 3.05) is 17.6 Å². The number of aliphatic hydroxyl groups is 1. The summed E-state index contributed by atoms with van der Waals surface area (Å²) in [6.45, 7) is 2.31. The van der Waals surface area contributed by atoms with Crippen LogP contribution in [0.25, 0.3) is 32.4 Å². The van der Waals surface area contributed by atoms with Crippen molar-refractivity contribution in [3.8, 4) is 11.1 Å². The maximum Gasteiger partial charge on any atom is 0.435 e. The standard InChI is InChI=1S/C35H32F7N9O2S/c1-33(2,53)15-44-32-47-31-24(54-32)13-22(19-5-4-6-20-27(19)50(3)49-30(20)43)26(46-31)23(11-16-9-17(36)12-18(37)10-16)45-25(52)14-51-29-21(7-8-34(29,38)39)28(48-51)35(40,41)42/h4-6,9-10,12-13,23,53H,7-8,11,14-15H2,1-3H3,(H2,43,49)(H,45,52)(H,44,46,47). The molecule has 5 N–H and O–H groups in total. The highest BCUT2D eigenvalue weighted by Gasteiger charge is 2.50. The number of rotatable bonds is 10. The molecule has 4 aromatic heterocycles. The zero-order valence-corrected chi connectivity index (χ0v) is 29.6. The van der Waals surface area contributed by atoms with E-state index in [1.807, 2.05) is 0 Å². The van der Waals surface area contributed by atoms with E-state index in [2.05, 4.69) is 25.8 Å². The number of hydrogen-bond acceptors (Lipinski definition) is 9. The predicted octanol–water partition coefficient (Wildman–Crippen LogP) is 6.64. The molecule has 1 aliphatic carbocycles. The average molecular weight is 776 g/mol. The number of nitrogens with one attached hydrogen (secondary N) is 2. The van der Waals surface area contributed by atoms with E-state index in [1.54, 1.807) is 49.8 Å². The lowest BCUT2D eigenvalue weighted by Gasteiger charge is -2.23. The fourth-order valence-electron chi connectivity index (χ4n) is 6.75. The second-order valence-corrected chi connectivity index (χ2v) is 14.8. The number of aryl methyl sites for hydroxylation is 1. The Kier molecular flexibility index (Phi) is 9.07. The van der Waals surface area contributed by atoms with Gasteiger partial charge in [0.25, 0.3) is 5.92 Å². The number of anilines is 2. The Morgan fingerprint density at radius 2 is 1.80 bits per heavy atom. The van der Waals surface area contributed by atoms with Gasteiger partial charge in [-0.05, 0) is 56.5 Å². The average Bonchev–Trinajstić information content (AvgIpc) is 3.80. The molecule has 0 spiro atoms. The van der Waals surface area contributed by atoms with Gasteiger partial charge < -0.3 is 21.5 Å². The molecule has 6 aromatic rings. The Labute approximate surface area is 306 Å². The van der Waals surface area contributed by atoms with Crippen molar-refractivity contribution in [2.24, 2.45) is 7.05 Å². The molecule has 1 unspecified atom stereocenters. The molecule has 19 heteroatoms. The number of hydrogen-bond donors (Lipinski definition) is 4. The van der Waals surface area contributed by atoms with Crippen molar-refractivity contribution in [1.82, 2.24) is 34.8 Å². The van der Waals surface area contributed by atoms with Gasteiger partial charge in [0.1, 0.15) is 23.9 Å².